The van der Waals surface area contributed by atoms with Gasteiger partial charge in [0.15, 0.2) is 0 Å². The van der Waals surface area contributed by atoms with Gasteiger partial charge in [0.1, 0.15) is 12.2 Å². The average Bonchev–Trinajstić information content (AvgIpc) is 3.36. The molecule has 2 aliphatic heterocycles. The van der Waals surface area contributed by atoms with Gasteiger partial charge in [-0.25, -0.2) is 0 Å². The lowest BCUT2D eigenvalue weighted by atomic mass is 10.4. The van der Waals surface area contributed by atoms with Crippen molar-refractivity contribution in [2.75, 3.05) is 54.4 Å². The van der Waals surface area contributed by atoms with Gasteiger partial charge in [0, 0.05) is 27.4 Å². The molecule has 0 amide bonds. The lowest BCUT2D eigenvalue weighted by Gasteiger charge is -2.28. The SMILES string of the molecule is CO[Si](C[C@@H](COCC1CO1)OCC1CO1)(OC)OC. The molecule has 2 saturated heterocycles. The zero-order valence-electron chi connectivity index (χ0n) is 12.3. The van der Waals surface area contributed by atoms with Gasteiger partial charge in [-0.3, -0.25) is 0 Å². The number of rotatable bonds is 12. The zero-order valence-corrected chi connectivity index (χ0v) is 13.3. The van der Waals surface area contributed by atoms with Crippen LogP contribution in [-0.2, 0) is 32.2 Å². The first-order chi connectivity index (χ1) is 9.71. The lowest BCUT2D eigenvalue weighted by molar-refractivity contribution is -0.0246. The standard InChI is InChI=1S/C12H24O7Si/c1-13-20(14-2,15-3)9-12(19-8-11-7-18-11)5-16-4-10-6-17-10/h10-12H,4-9H2,1-3H3/t10?,11?,12-/m1/s1. The Morgan fingerprint density at radius 2 is 1.55 bits per heavy atom. The van der Waals surface area contributed by atoms with Gasteiger partial charge in [0.05, 0.1) is 39.1 Å². The Labute approximate surface area is 120 Å². The molecule has 0 radical (unpaired) electrons. The first-order valence-corrected chi connectivity index (χ1v) is 8.72. The molecule has 7 nitrogen and oxygen atoms in total. The van der Waals surface area contributed by atoms with E-state index in [-0.39, 0.29) is 18.3 Å². The third kappa shape index (κ3) is 5.38. The van der Waals surface area contributed by atoms with Crippen molar-refractivity contribution >= 4 is 8.80 Å². The van der Waals surface area contributed by atoms with Crippen molar-refractivity contribution in [3.63, 3.8) is 0 Å². The van der Waals surface area contributed by atoms with Gasteiger partial charge in [-0.1, -0.05) is 0 Å². The predicted molar refractivity (Wildman–Crippen MR) is 71.6 cm³/mol. The predicted octanol–water partition coefficient (Wildman–Crippen LogP) is 0.0639. The van der Waals surface area contributed by atoms with Crippen LogP contribution < -0.4 is 0 Å². The van der Waals surface area contributed by atoms with Crippen LogP contribution in [0.2, 0.25) is 6.04 Å². The van der Waals surface area contributed by atoms with Crippen LogP contribution >= 0.6 is 0 Å². The molecule has 0 aliphatic carbocycles. The van der Waals surface area contributed by atoms with Crippen LogP contribution in [0.4, 0.5) is 0 Å². The Balaban J connectivity index is 1.77. The molecule has 0 spiro atoms. The van der Waals surface area contributed by atoms with E-state index in [1.807, 2.05) is 0 Å². The minimum Gasteiger partial charge on any atom is -0.377 e. The van der Waals surface area contributed by atoms with Crippen molar-refractivity contribution < 1.29 is 32.2 Å². The van der Waals surface area contributed by atoms with Crippen LogP contribution in [0, 0.1) is 0 Å². The van der Waals surface area contributed by atoms with Crippen molar-refractivity contribution in [1.82, 2.24) is 0 Å². The van der Waals surface area contributed by atoms with Crippen molar-refractivity contribution in [2.24, 2.45) is 0 Å². The van der Waals surface area contributed by atoms with E-state index >= 15 is 0 Å². The fourth-order valence-corrected chi connectivity index (χ4v) is 3.64. The lowest BCUT2D eigenvalue weighted by Crippen LogP contribution is -2.47. The molecule has 2 heterocycles. The Bertz CT molecular complexity index is 271. The maximum Gasteiger partial charge on any atom is 0.502 e. The van der Waals surface area contributed by atoms with E-state index in [1.54, 1.807) is 21.3 Å². The molecule has 0 saturated carbocycles. The molecular weight excluding hydrogens is 284 g/mol. The van der Waals surface area contributed by atoms with Gasteiger partial charge in [-0.05, 0) is 0 Å². The van der Waals surface area contributed by atoms with Gasteiger partial charge in [0.2, 0.25) is 0 Å². The van der Waals surface area contributed by atoms with E-state index in [4.69, 9.17) is 32.2 Å². The van der Waals surface area contributed by atoms with E-state index in [9.17, 15) is 0 Å². The summed E-state index contributed by atoms with van der Waals surface area (Å²) in [6, 6.07) is 0.550. The monoisotopic (exact) mass is 308 g/mol. The van der Waals surface area contributed by atoms with Crippen molar-refractivity contribution in [1.29, 1.82) is 0 Å². The summed E-state index contributed by atoms with van der Waals surface area (Å²) in [5, 5.41) is 0. The second kappa shape index (κ2) is 7.81. The van der Waals surface area contributed by atoms with Crippen LogP contribution in [0.3, 0.4) is 0 Å². The molecule has 118 valence electrons. The zero-order chi connectivity index (χ0) is 14.4. The van der Waals surface area contributed by atoms with Gasteiger partial charge < -0.3 is 32.2 Å². The summed E-state index contributed by atoms with van der Waals surface area (Å²) in [5.74, 6) is 0. The summed E-state index contributed by atoms with van der Waals surface area (Å²) in [6.07, 6.45) is 0.328. The summed E-state index contributed by atoms with van der Waals surface area (Å²) < 4.78 is 38.0. The molecule has 3 atom stereocenters. The maximum atomic E-state index is 5.83. The van der Waals surface area contributed by atoms with E-state index in [2.05, 4.69) is 0 Å². The molecule has 2 unspecified atom stereocenters. The fraction of sp³-hybridized carbons (Fsp3) is 1.00. The van der Waals surface area contributed by atoms with Crippen molar-refractivity contribution in [3.8, 4) is 0 Å². The summed E-state index contributed by atoms with van der Waals surface area (Å²) in [6.45, 7) is 3.19. The quantitative estimate of drug-likeness (QED) is 0.373. The van der Waals surface area contributed by atoms with Crippen LogP contribution in [-0.4, -0.2) is 81.5 Å². The molecule has 2 aliphatic rings. The van der Waals surface area contributed by atoms with Gasteiger partial charge in [0.25, 0.3) is 0 Å². The summed E-state index contributed by atoms with van der Waals surface area (Å²) in [4.78, 5) is 0. The number of hydrogen-bond acceptors (Lipinski definition) is 7. The molecule has 2 fully saturated rings. The average molecular weight is 308 g/mol. The molecule has 0 aromatic rings. The third-order valence-corrected chi connectivity index (χ3v) is 6.16. The van der Waals surface area contributed by atoms with Crippen molar-refractivity contribution in [2.45, 2.75) is 24.4 Å². The molecule has 0 aromatic carbocycles. The molecule has 0 bridgehead atoms. The number of epoxide rings is 2. The third-order valence-electron chi connectivity index (χ3n) is 3.34. The van der Waals surface area contributed by atoms with E-state index in [0.29, 0.717) is 25.9 Å². The molecule has 20 heavy (non-hydrogen) atoms. The van der Waals surface area contributed by atoms with Crippen molar-refractivity contribution in [3.05, 3.63) is 0 Å². The highest BCUT2D eigenvalue weighted by atomic mass is 28.4. The molecule has 8 heteroatoms. The molecule has 0 N–H and O–H groups in total. The van der Waals surface area contributed by atoms with Gasteiger partial charge >= 0.3 is 8.80 Å². The normalized spacial score (nSPS) is 26.6. The summed E-state index contributed by atoms with van der Waals surface area (Å²) in [7, 11) is 2.12. The topological polar surface area (TPSA) is 71.2 Å². The minimum atomic E-state index is -2.67. The molecular formula is C12H24O7Si. The Morgan fingerprint density at radius 3 is 2.05 bits per heavy atom. The Morgan fingerprint density at radius 1 is 1.00 bits per heavy atom. The smallest absolute Gasteiger partial charge is 0.377 e. The van der Waals surface area contributed by atoms with Gasteiger partial charge in [-0.2, -0.15) is 0 Å². The first kappa shape index (κ1) is 16.3. The second-order valence-corrected chi connectivity index (χ2v) is 7.90. The van der Waals surface area contributed by atoms with Crippen LogP contribution in [0.5, 0.6) is 0 Å². The minimum absolute atomic E-state index is 0.135. The maximum absolute atomic E-state index is 5.83. The molecule has 2 rings (SSSR count). The summed E-state index contributed by atoms with van der Waals surface area (Å²) in [5.41, 5.74) is 0. The first-order valence-electron chi connectivity index (χ1n) is 6.79. The largest absolute Gasteiger partial charge is 0.502 e. The molecule has 0 aromatic heterocycles. The van der Waals surface area contributed by atoms with Crippen LogP contribution in [0.15, 0.2) is 0 Å². The Hall–Kier alpha value is -0.0631. The highest BCUT2D eigenvalue weighted by Crippen LogP contribution is 2.20. The van der Waals surface area contributed by atoms with Crippen LogP contribution in [0.25, 0.3) is 0 Å². The number of ether oxygens (including phenoxy) is 4. The fourth-order valence-electron chi connectivity index (χ4n) is 1.85. The number of hydrogen-bond donors (Lipinski definition) is 0. The van der Waals surface area contributed by atoms with E-state index in [0.717, 1.165) is 13.2 Å². The van der Waals surface area contributed by atoms with E-state index < -0.39 is 8.80 Å². The summed E-state index contributed by atoms with van der Waals surface area (Å²) >= 11 is 0. The van der Waals surface area contributed by atoms with Gasteiger partial charge in [-0.15, -0.1) is 0 Å². The van der Waals surface area contributed by atoms with Crippen LogP contribution in [0.1, 0.15) is 0 Å². The highest BCUT2D eigenvalue weighted by molar-refractivity contribution is 6.60. The highest BCUT2D eigenvalue weighted by Gasteiger charge is 2.41. The Kier molecular flexibility index (Phi) is 6.37. The van der Waals surface area contributed by atoms with E-state index in [1.165, 1.54) is 0 Å². The second-order valence-electron chi connectivity index (χ2n) is 4.90.